The van der Waals surface area contributed by atoms with E-state index < -0.39 is 0 Å². The lowest BCUT2D eigenvalue weighted by molar-refractivity contribution is -0.115. The summed E-state index contributed by atoms with van der Waals surface area (Å²) in [5.41, 5.74) is 2.94. The Balaban J connectivity index is 1.40. The molecule has 0 radical (unpaired) electrons. The van der Waals surface area contributed by atoms with Crippen molar-refractivity contribution in [3.8, 4) is 9.88 Å². The fraction of sp³-hybridized carbons (Fsp3) is 0.222. The number of carbonyl (C=O) groups excluding carboxylic acids is 1. The van der Waals surface area contributed by atoms with E-state index in [0.717, 1.165) is 25.7 Å². The lowest BCUT2D eigenvalue weighted by atomic mass is 10.2. The van der Waals surface area contributed by atoms with Crippen LogP contribution in [0.2, 0.25) is 0 Å². The number of aromatic nitrogens is 1. The Bertz CT molecular complexity index is 917. The predicted octanol–water partition coefficient (Wildman–Crippen LogP) is 6.29. The number of thioether (sulfide) groups is 2. The minimum Gasteiger partial charge on any atom is -0.326 e. The highest BCUT2D eigenvalue weighted by Crippen LogP contribution is 2.45. The van der Waals surface area contributed by atoms with E-state index >= 15 is 0 Å². The first-order chi connectivity index (χ1) is 12.7. The monoisotopic (exact) mass is 482 g/mol. The van der Waals surface area contributed by atoms with Gasteiger partial charge in [0.05, 0.1) is 21.6 Å². The Hall–Kier alpha value is -0.800. The molecule has 26 heavy (non-hydrogen) atoms. The van der Waals surface area contributed by atoms with Gasteiger partial charge in [-0.1, -0.05) is 12.1 Å². The minimum absolute atomic E-state index is 0.0295. The molecule has 2 aromatic heterocycles. The van der Waals surface area contributed by atoms with Crippen LogP contribution in [-0.4, -0.2) is 22.4 Å². The summed E-state index contributed by atoms with van der Waals surface area (Å²) in [4.78, 5) is 18.1. The third-order valence-corrected chi connectivity index (χ3v) is 9.59. The minimum atomic E-state index is -0.0295. The Morgan fingerprint density at radius 1 is 1.19 bits per heavy atom. The molecular weight excluding hydrogens is 468 g/mol. The third kappa shape index (κ3) is 4.54. The smallest absolute Gasteiger partial charge is 0.230 e. The second-order valence-electron chi connectivity index (χ2n) is 5.70. The van der Waals surface area contributed by atoms with Crippen LogP contribution in [0.15, 0.2) is 45.6 Å². The molecule has 0 bridgehead atoms. The van der Waals surface area contributed by atoms with Crippen LogP contribution in [0.4, 0.5) is 5.69 Å². The fourth-order valence-corrected chi connectivity index (χ4v) is 7.78. The summed E-state index contributed by atoms with van der Waals surface area (Å²) in [6.45, 7) is 0. The number of thiazole rings is 1. The number of thiophene rings is 1. The van der Waals surface area contributed by atoms with Gasteiger partial charge < -0.3 is 5.32 Å². The lowest BCUT2D eigenvalue weighted by Crippen LogP contribution is -2.14. The summed E-state index contributed by atoms with van der Waals surface area (Å²) < 4.78 is 1.54. The highest BCUT2D eigenvalue weighted by atomic mass is 79.9. The number of benzene rings is 1. The number of rotatable bonds is 5. The van der Waals surface area contributed by atoms with Crippen molar-refractivity contribution < 1.29 is 4.79 Å². The maximum absolute atomic E-state index is 12.4. The van der Waals surface area contributed by atoms with E-state index in [1.54, 1.807) is 22.7 Å². The Morgan fingerprint density at radius 3 is 2.81 bits per heavy atom. The fourth-order valence-electron chi connectivity index (χ4n) is 2.61. The number of hydrogen-bond acceptors (Lipinski definition) is 6. The molecular formula is C18H15BrN2OS4. The number of amides is 1. The van der Waals surface area contributed by atoms with Crippen molar-refractivity contribution in [2.24, 2.45) is 0 Å². The molecule has 3 aromatic rings. The third-order valence-electron chi connectivity index (χ3n) is 3.74. The topological polar surface area (TPSA) is 42.0 Å². The Labute approximate surface area is 177 Å². The van der Waals surface area contributed by atoms with Gasteiger partial charge in [0.1, 0.15) is 5.01 Å². The van der Waals surface area contributed by atoms with Crippen LogP contribution >= 0.6 is 62.1 Å². The average molecular weight is 484 g/mol. The molecule has 0 unspecified atom stereocenters. The van der Waals surface area contributed by atoms with Gasteiger partial charge >= 0.3 is 0 Å². The van der Waals surface area contributed by atoms with Crippen molar-refractivity contribution in [1.29, 1.82) is 0 Å². The van der Waals surface area contributed by atoms with Crippen LogP contribution in [-0.2, 0) is 11.2 Å². The summed E-state index contributed by atoms with van der Waals surface area (Å²) in [5, 5.41) is 7.97. The Morgan fingerprint density at radius 2 is 2.04 bits per heavy atom. The summed E-state index contributed by atoms with van der Waals surface area (Å²) in [5.74, 6) is 2.36. The number of hydrogen-bond donors (Lipinski definition) is 1. The first kappa shape index (κ1) is 18.6. The van der Waals surface area contributed by atoms with E-state index in [1.165, 1.54) is 17.1 Å². The van der Waals surface area contributed by atoms with Crippen LogP contribution < -0.4 is 5.32 Å². The van der Waals surface area contributed by atoms with Crippen molar-refractivity contribution in [1.82, 2.24) is 4.98 Å². The van der Waals surface area contributed by atoms with Gasteiger partial charge in [0.25, 0.3) is 0 Å². The van der Waals surface area contributed by atoms with Gasteiger partial charge in [-0.15, -0.1) is 46.2 Å². The molecule has 3 heterocycles. The molecule has 4 rings (SSSR count). The van der Waals surface area contributed by atoms with Crippen LogP contribution in [0.5, 0.6) is 0 Å². The number of nitrogens with zero attached hydrogens (tertiary/aromatic N) is 1. The molecule has 1 aliphatic rings. The summed E-state index contributed by atoms with van der Waals surface area (Å²) >= 11 is 10.6. The first-order valence-electron chi connectivity index (χ1n) is 7.99. The molecule has 8 heteroatoms. The van der Waals surface area contributed by atoms with Gasteiger partial charge in [-0.3, -0.25) is 4.79 Å². The first-order valence-corrected chi connectivity index (χ1v) is 12.6. The van der Waals surface area contributed by atoms with Gasteiger partial charge in [0, 0.05) is 32.4 Å². The summed E-state index contributed by atoms with van der Waals surface area (Å²) in [6.07, 6.45) is 0.292. The molecule has 0 aliphatic carbocycles. The van der Waals surface area contributed by atoms with E-state index in [4.69, 9.17) is 0 Å². The largest absolute Gasteiger partial charge is 0.326 e. The highest BCUT2D eigenvalue weighted by molar-refractivity contribution is 9.10. The zero-order valence-electron chi connectivity index (χ0n) is 13.6. The molecule has 1 N–H and O–H groups in total. The molecule has 0 spiro atoms. The van der Waals surface area contributed by atoms with Crippen LogP contribution in [0.1, 0.15) is 15.8 Å². The molecule has 3 nitrogen and oxygen atoms in total. The van der Waals surface area contributed by atoms with Crippen molar-refractivity contribution in [2.75, 3.05) is 16.8 Å². The molecule has 1 aromatic carbocycles. The SMILES string of the molecule is O=C(Cc1csc(-c2cc(Br)cs2)n1)Nc1cccc(C2SCCS2)c1. The van der Waals surface area contributed by atoms with E-state index in [2.05, 4.69) is 44.4 Å². The van der Waals surface area contributed by atoms with Gasteiger partial charge in [-0.05, 0) is 39.7 Å². The van der Waals surface area contributed by atoms with Crippen molar-refractivity contribution in [3.63, 3.8) is 0 Å². The molecule has 0 atom stereocenters. The lowest BCUT2D eigenvalue weighted by Gasteiger charge is -2.11. The van der Waals surface area contributed by atoms with Crippen molar-refractivity contribution in [2.45, 2.75) is 11.0 Å². The second kappa shape index (κ2) is 8.48. The average Bonchev–Trinajstić information content (AvgIpc) is 3.36. The molecule has 1 fully saturated rings. The molecule has 1 amide bonds. The van der Waals surface area contributed by atoms with Crippen molar-refractivity contribution in [3.05, 3.63) is 56.8 Å². The van der Waals surface area contributed by atoms with Gasteiger partial charge in [-0.25, -0.2) is 4.98 Å². The number of halogens is 1. The Kier molecular flexibility index (Phi) is 6.05. The highest BCUT2D eigenvalue weighted by Gasteiger charge is 2.18. The van der Waals surface area contributed by atoms with Crippen LogP contribution in [0.25, 0.3) is 9.88 Å². The number of anilines is 1. The van der Waals surface area contributed by atoms with E-state index in [9.17, 15) is 4.79 Å². The number of carbonyl (C=O) groups is 1. The van der Waals surface area contributed by atoms with E-state index in [0.29, 0.717) is 11.0 Å². The predicted molar refractivity (Wildman–Crippen MR) is 120 cm³/mol. The van der Waals surface area contributed by atoms with Gasteiger partial charge in [0.2, 0.25) is 5.91 Å². The van der Waals surface area contributed by atoms with Crippen LogP contribution in [0, 0.1) is 0 Å². The standard InChI is InChI=1S/C18H15BrN2OS4/c19-12-7-15(25-9-12)17-21-14(10-26-17)8-16(22)20-13-3-1-2-11(6-13)18-23-4-5-24-18/h1-3,6-7,9-10,18H,4-5,8H2,(H,20,22). The zero-order chi connectivity index (χ0) is 17.9. The second-order valence-corrected chi connectivity index (χ2v) is 11.1. The summed E-state index contributed by atoms with van der Waals surface area (Å²) in [7, 11) is 0. The van der Waals surface area contributed by atoms with E-state index in [1.807, 2.05) is 46.4 Å². The van der Waals surface area contributed by atoms with Crippen LogP contribution in [0.3, 0.4) is 0 Å². The van der Waals surface area contributed by atoms with Gasteiger partial charge in [-0.2, -0.15) is 0 Å². The zero-order valence-corrected chi connectivity index (χ0v) is 18.5. The van der Waals surface area contributed by atoms with Gasteiger partial charge in [0.15, 0.2) is 0 Å². The maximum Gasteiger partial charge on any atom is 0.230 e. The number of nitrogens with one attached hydrogen (secondary N) is 1. The molecule has 1 saturated heterocycles. The van der Waals surface area contributed by atoms with E-state index in [-0.39, 0.29) is 5.91 Å². The maximum atomic E-state index is 12.4. The molecule has 0 saturated carbocycles. The molecule has 1 aliphatic heterocycles. The normalized spacial score (nSPS) is 14.7. The quantitative estimate of drug-likeness (QED) is 0.463. The van der Waals surface area contributed by atoms with Crippen molar-refractivity contribution >= 4 is 73.7 Å². The summed E-state index contributed by atoms with van der Waals surface area (Å²) in [6, 6.07) is 10.2. The molecule has 134 valence electrons.